The minimum Gasteiger partial charge on any atom is -0.659 e. The second-order valence-electron chi connectivity index (χ2n) is 9.88. The fraction of sp³-hybridized carbons (Fsp3) is 0.864. The smallest absolute Gasteiger partial charge is 0.0657 e. The van der Waals surface area contributed by atoms with Gasteiger partial charge in [0.15, 0.2) is 0 Å². The third-order valence-corrected chi connectivity index (χ3v) is 8.03. The molecule has 0 spiro atoms. The monoisotopic (exact) mass is 359 g/mol. The first kappa shape index (κ1) is 19.3. The van der Waals surface area contributed by atoms with Crippen molar-refractivity contribution in [1.82, 2.24) is 0 Å². The van der Waals surface area contributed by atoms with Crippen LogP contribution < -0.4 is 0 Å². The van der Waals surface area contributed by atoms with Crippen LogP contribution in [0, 0.1) is 35.5 Å². The first-order valence-corrected chi connectivity index (χ1v) is 10.5. The van der Waals surface area contributed by atoms with Gasteiger partial charge in [0.25, 0.3) is 0 Å². The average Bonchev–Trinajstić information content (AvgIpc) is 2.53. The van der Waals surface area contributed by atoms with Gasteiger partial charge in [-0.2, -0.15) is 7.05 Å². The predicted octanol–water partition coefficient (Wildman–Crippen LogP) is 6.28. The van der Waals surface area contributed by atoms with Crippen molar-refractivity contribution in [3.05, 3.63) is 17.5 Å². The maximum atomic E-state index is 4.90. The van der Waals surface area contributed by atoms with E-state index in [9.17, 15) is 0 Å². The second kappa shape index (κ2) is 6.91. The molecule has 3 saturated carbocycles. The normalized spacial score (nSPS) is 44.0. The molecular weight excluding hydrogens is 324 g/mol. The highest BCUT2D eigenvalue weighted by molar-refractivity contribution is 7.78. The minimum atomic E-state index is -0.112. The zero-order valence-electron chi connectivity index (χ0n) is 16.7. The minimum absolute atomic E-state index is 0.112. The van der Waals surface area contributed by atoms with E-state index in [0.29, 0.717) is 11.8 Å². The van der Waals surface area contributed by atoms with Crippen molar-refractivity contribution in [2.75, 3.05) is 7.05 Å². The molecule has 3 rings (SSSR count). The number of allylic oxidation sites excluding steroid dienone is 1. The number of thiocarbonyl (C=S) groups is 1. The summed E-state index contributed by atoms with van der Waals surface area (Å²) in [7, 11) is 2.04. The van der Waals surface area contributed by atoms with E-state index in [-0.39, 0.29) is 11.1 Å². The maximum Gasteiger partial charge on any atom is 0.0657 e. The Hall–Kier alpha value is -0.500. The topological polar surface area (TPSA) is 26.5 Å². The Balaban J connectivity index is 1.94. The highest BCUT2D eigenvalue weighted by Gasteiger charge is 2.53. The van der Waals surface area contributed by atoms with Gasteiger partial charge in [0.1, 0.15) is 0 Å². The molecule has 0 unspecified atom stereocenters. The summed E-state index contributed by atoms with van der Waals surface area (Å²) in [5, 5.41) is 7.52. The molecule has 0 saturated heterocycles. The van der Waals surface area contributed by atoms with E-state index in [4.69, 9.17) is 17.5 Å². The van der Waals surface area contributed by atoms with Crippen LogP contribution in [0.1, 0.15) is 66.2 Å². The zero-order valence-corrected chi connectivity index (χ0v) is 17.5. The van der Waals surface area contributed by atoms with E-state index in [0.717, 1.165) is 30.1 Å². The van der Waals surface area contributed by atoms with Crippen molar-refractivity contribution >= 4 is 17.4 Å². The van der Waals surface area contributed by atoms with Crippen LogP contribution in [-0.2, 0) is 0 Å². The molecule has 0 aliphatic heterocycles. The number of hydrogen-bond acceptors (Lipinski definition) is 2. The molecule has 0 aromatic carbocycles. The number of rotatable bonds is 4. The fourth-order valence-corrected chi connectivity index (χ4v) is 7.01. The highest BCUT2D eigenvalue weighted by Crippen LogP contribution is 2.62. The summed E-state index contributed by atoms with van der Waals surface area (Å²) in [5.41, 5.74) is 1.56. The Bertz CT molecular complexity index is 577. The van der Waals surface area contributed by atoms with E-state index in [1.54, 1.807) is 0 Å². The molecule has 0 aromatic rings. The number of isothiocyanates is 1. The van der Waals surface area contributed by atoms with E-state index in [1.807, 2.05) is 7.05 Å². The molecular formula is C22H35N2S-. The van der Waals surface area contributed by atoms with Gasteiger partial charge < -0.3 is 5.32 Å². The average molecular weight is 360 g/mol. The van der Waals surface area contributed by atoms with E-state index >= 15 is 0 Å². The van der Waals surface area contributed by atoms with Crippen molar-refractivity contribution in [3.63, 3.8) is 0 Å². The number of nitrogens with zero attached hydrogens (tertiary/aromatic N) is 2. The first-order chi connectivity index (χ1) is 11.7. The van der Waals surface area contributed by atoms with Gasteiger partial charge in [-0.25, -0.2) is 4.99 Å². The van der Waals surface area contributed by atoms with Crippen molar-refractivity contribution in [3.8, 4) is 0 Å². The van der Waals surface area contributed by atoms with Crippen molar-refractivity contribution < 1.29 is 0 Å². The van der Waals surface area contributed by atoms with Crippen LogP contribution >= 0.6 is 12.2 Å². The molecule has 7 atom stereocenters. The highest BCUT2D eigenvalue weighted by atomic mass is 32.1. The van der Waals surface area contributed by atoms with Crippen molar-refractivity contribution in [2.24, 2.45) is 40.5 Å². The zero-order chi connectivity index (χ0) is 18.4. The van der Waals surface area contributed by atoms with Gasteiger partial charge in [-0.05, 0) is 81.3 Å². The lowest BCUT2D eigenvalue weighted by atomic mass is 9.46. The number of aliphatic imine (C=N–C) groups is 1. The molecule has 0 bridgehead atoms. The summed E-state index contributed by atoms with van der Waals surface area (Å²) >= 11 is 4.89. The van der Waals surface area contributed by atoms with E-state index in [1.165, 1.54) is 37.7 Å². The Labute approximate surface area is 159 Å². The van der Waals surface area contributed by atoms with Crippen LogP contribution in [0.2, 0.25) is 0 Å². The van der Waals surface area contributed by atoms with Gasteiger partial charge in [-0.15, -0.1) is 5.54 Å². The van der Waals surface area contributed by atoms with Gasteiger partial charge in [-0.3, -0.25) is 0 Å². The second-order valence-corrected chi connectivity index (χ2v) is 10.1. The van der Waals surface area contributed by atoms with Gasteiger partial charge in [0.2, 0.25) is 0 Å². The van der Waals surface area contributed by atoms with Crippen LogP contribution in [0.15, 0.2) is 17.1 Å². The molecule has 0 N–H and O–H groups in total. The largest absolute Gasteiger partial charge is 0.659 e. The molecule has 25 heavy (non-hydrogen) atoms. The molecule has 2 nitrogen and oxygen atoms in total. The summed E-state index contributed by atoms with van der Waals surface area (Å²) < 4.78 is 0. The Morgan fingerprint density at radius 3 is 2.76 bits per heavy atom. The third-order valence-electron chi connectivity index (χ3n) is 7.94. The van der Waals surface area contributed by atoms with Gasteiger partial charge in [0, 0.05) is 0 Å². The fourth-order valence-electron chi connectivity index (χ4n) is 6.76. The van der Waals surface area contributed by atoms with Gasteiger partial charge in [0.05, 0.1) is 10.7 Å². The summed E-state index contributed by atoms with van der Waals surface area (Å²) in [6, 6.07) is 0. The van der Waals surface area contributed by atoms with Gasteiger partial charge in [-0.1, -0.05) is 44.8 Å². The summed E-state index contributed by atoms with van der Waals surface area (Å²) in [4.78, 5) is 4.47. The number of hydrogen-bond donors (Lipinski definition) is 0. The lowest BCUT2D eigenvalue weighted by Gasteiger charge is -2.65. The lowest BCUT2D eigenvalue weighted by Crippen LogP contribution is -2.56. The molecule has 3 heteroatoms. The molecule has 140 valence electrons. The molecule has 3 aliphatic rings. The van der Waals surface area contributed by atoms with Crippen LogP contribution in [-0.4, -0.2) is 23.3 Å². The summed E-state index contributed by atoms with van der Waals surface area (Å²) in [6.07, 6.45) is 7.49. The molecule has 0 amide bonds. The molecule has 3 aliphatic carbocycles. The molecule has 0 aromatic heterocycles. The quantitative estimate of drug-likeness (QED) is 0.329. The standard InChI is InChI=1S/C22H35N2S/c1-14-7-8-18-20-17(9-10-22(18,5)23-6)15(2)11-16(19(14)20)12-21(3,4)24-13-25/h15-20H,1,7-12H2,2-6H3/q-1/t15-,16-,17+,18+,19-,20+,22-/m0/s1. The Morgan fingerprint density at radius 1 is 1.40 bits per heavy atom. The van der Waals surface area contributed by atoms with E-state index < -0.39 is 0 Å². The third kappa shape index (κ3) is 3.40. The predicted molar refractivity (Wildman–Crippen MR) is 110 cm³/mol. The van der Waals surface area contributed by atoms with Crippen molar-refractivity contribution in [2.45, 2.75) is 77.3 Å². The maximum absolute atomic E-state index is 4.90. The molecule has 0 radical (unpaired) electrons. The van der Waals surface area contributed by atoms with Crippen LogP contribution in [0.3, 0.4) is 0 Å². The van der Waals surface area contributed by atoms with Gasteiger partial charge >= 0.3 is 0 Å². The van der Waals surface area contributed by atoms with Crippen molar-refractivity contribution in [1.29, 1.82) is 0 Å². The Morgan fingerprint density at radius 2 is 2.12 bits per heavy atom. The van der Waals surface area contributed by atoms with Crippen LogP contribution in [0.4, 0.5) is 0 Å². The molecule has 3 fully saturated rings. The van der Waals surface area contributed by atoms with Crippen LogP contribution in [0.25, 0.3) is 5.32 Å². The summed E-state index contributed by atoms with van der Waals surface area (Å²) in [5.74, 6) is 4.48. The van der Waals surface area contributed by atoms with E-state index in [2.05, 4.69) is 44.4 Å². The summed E-state index contributed by atoms with van der Waals surface area (Å²) in [6.45, 7) is 13.9. The first-order valence-electron chi connectivity index (χ1n) is 10.1. The lowest BCUT2D eigenvalue weighted by molar-refractivity contribution is -0.0559. The Kier molecular flexibility index (Phi) is 5.32. The van der Waals surface area contributed by atoms with Crippen LogP contribution in [0.5, 0.6) is 0 Å². The SMILES string of the molecule is C=C1CC[C@@H]2[C@H]3[C@H](CC[C@]2(C)[N-]C)[C@@H](C)C[C@@H](CC(C)(C)N=C=S)[C@H]13. The molecule has 0 heterocycles.